The predicted octanol–water partition coefficient (Wildman–Crippen LogP) is 2.69. The van der Waals surface area contributed by atoms with E-state index in [1.165, 1.54) is 11.3 Å². The van der Waals surface area contributed by atoms with Crippen molar-refractivity contribution < 1.29 is 4.74 Å². The maximum Gasteiger partial charge on any atom is 0.118 e. The fourth-order valence-corrected chi connectivity index (χ4v) is 2.38. The maximum atomic E-state index is 5.22. The second kappa shape index (κ2) is 6.57. The van der Waals surface area contributed by atoms with Crippen molar-refractivity contribution >= 4 is 0 Å². The first-order valence-corrected chi connectivity index (χ1v) is 7.09. The van der Waals surface area contributed by atoms with Crippen LogP contribution in [0.25, 0.3) is 0 Å². The first kappa shape index (κ1) is 14.6. The van der Waals surface area contributed by atoms with E-state index in [1.807, 2.05) is 23.9 Å². The molecule has 0 aliphatic rings. The number of hydrogen-bond acceptors (Lipinski definition) is 3. The average molecular weight is 273 g/mol. The Kier molecular flexibility index (Phi) is 4.79. The number of ether oxygens (including phenoxy) is 1. The van der Waals surface area contributed by atoms with E-state index in [9.17, 15) is 0 Å². The van der Waals surface area contributed by atoms with Crippen molar-refractivity contribution in [1.82, 2.24) is 15.1 Å². The van der Waals surface area contributed by atoms with Gasteiger partial charge in [-0.15, -0.1) is 0 Å². The summed E-state index contributed by atoms with van der Waals surface area (Å²) in [7, 11) is 3.69. The highest BCUT2D eigenvalue weighted by Gasteiger charge is 2.17. The van der Waals surface area contributed by atoms with Crippen LogP contribution < -0.4 is 10.1 Å². The van der Waals surface area contributed by atoms with Gasteiger partial charge in [0, 0.05) is 7.05 Å². The van der Waals surface area contributed by atoms with E-state index in [2.05, 4.69) is 42.5 Å². The van der Waals surface area contributed by atoms with Gasteiger partial charge in [-0.2, -0.15) is 5.10 Å². The largest absolute Gasteiger partial charge is 0.497 e. The van der Waals surface area contributed by atoms with E-state index in [0.29, 0.717) is 0 Å². The third-order valence-corrected chi connectivity index (χ3v) is 3.48. The Morgan fingerprint density at radius 2 is 1.95 bits per heavy atom. The highest BCUT2D eigenvalue weighted by atomic mass is 16.5. The van der Waals surface area contributed by atoms with Crippen molar-refractivity contribution in [3.05, 3.63) is 47.3 Å². The molecule has 0 bridgehead atoms. The Hall–Kier alpha value is -1.81. The van der Waals surface area contributed by atoms with Crippen LogP contribution in [-0.2, 0) is 13.5 Å². The molecule has 108 valence electrons. The lowest BCUT2D eigenvalue weighted by molar-refractivity contribution is 0.414. The smallest absolute Gasteiger partial charge is 0.118 e. The van der Waals surface area contributed by atoms with Crippen molar-refractivity contribution in [3.63, 3.8) is 0 Å². The molecule has 1 aromatic heterocycles. The van der Waals surface area contributed by atoms with Crippen LogP contribution in [0.2, 0.25) is 0 Å². The molecule has 2 aromatic rings. The zero-order valence-electron chi connectivity index (χ0n) is 12.7. The van der Waals surface area contributed by atoms with Crippen LogP contribution in [-0.4, -0.2) is 23.4 Å². The van der Waals surface area contributed by atoms with Crippen LogP contribution in [0.4, 0.5) is 0 Å². The number of nitrogens with one attached hydrogen (secondary N) is 1. The summed E-state index contributed by atoms with van der Waals surface area (Å²) in [6.07, 6.45) is 0.954. The Balaban J connectivity index is 2.35. The standard InChI is InChI=1S/C16H23N3O/c1-5-13-11-15(19(3)18-13)16(17-6-2)12-7-9-14(20-4)10-8-12/h7-11,16-17H,5-6H2,1-4H3. The van der Waals surface area contributed by atoms with E-state index >= 15 is 0 Å². The van der Waals surface area contributed by atoms with Gasteiger partial charge in [0.25, 0.3) is 0 Å². The van der Waals surface area contributed by atoms with Crippen LogP contribution >= 0.6 is 0 Å². The van der Waals surface area contributed by atoms with E-state index in [4.69, 9.17) is 4.74 Å². The average Bonchev–Trinajstić information content (AvgIpc) is 2.86. The lowest BCUT2D eigenvalue weighted by atomic mass is 10.0. The molecule has 1 heterocycles. The number of aryl methyl sites for hydroxylation is 2. The molecule has 0 spiro atoms. The van der Waals surface area contributed by atoms with Crippen LogP contribution in [0, 0.1) is 0 Å². The van der Waals surface area contributed by atoms with Gasteiger partial charge in [-0.1, -0.05) is 26.0 Å². The lowest BCUT2D eigenvalue weighted by Crippen LogP contribution is -2.24. The highest BCUT2D eigenvalue weighted by Crippen LogP contribution is 2.24. The lowest BCUT2D eigenvalue weighted by Gasteiger charge is -2.19. The Labute approximate surface area is 120 Å². The van der Waals surface area contributed by atoms with E-state index in [0.717, 1.165) is 24.4 Å². The Morgan fingerprint density at radius 1 is 1.25 bits per heavy atom. The van der Waals surface area contributed by atoms with Gasteiger partial charge < -0.3 is 10.1 Å². The molecule has 1 N–H and O–H groups in total. The van der Waals surface area contributed by atoms with Gasteiger partial charge in [-0.05, 0) is 36.7 Å². The summed E-state index contributed by atoms with van der Waals surface area (Å²) >= 11 is 0. The van der Waals surface area contributed by atoms with Crippen molar-refractivity contribution in [2.24, 2.45) is 7.05 Å². The van der Waals surface area contributed by atoms with Crippen molar-refractivity contribution in [2.75, 3.05) is 13.7 Å². The molecule has 4 heteroatoms. The minimum absolute atomic E-state index is 0.156. The molecule has 0 aliphatic heterocycles. The maximum absolute atomic E-state index is 5.22. The predicted molar refractivity (Wildman–Crippen MR) is 81.1 cm³/mol. The zero-order chi connectivity index (χ0) is 14.5. The number of aromatic nitrogens is 2. The topological polar surface area (TPSA) is 39.1 Å². The summed E-state index contributed by atoms with van der Waals surface area (Å²) in [6.45, 7) is 5.15. The van der Waals surface area contributed by atoms with Gasteiger partial charge in [0.1, 0.15) is 5.75 Å². The van der Waals surface area contributed by atoms with Gasteiger partial charge in [-0.3, -0.25) is 4.68 Å². The SMILES string of the molecule is CCNC(c1ccc(OC)cc1)c1cc(CC)nn1C. The molecular weight excluding hydrogens is 250 g/mol. The van der Waals surface area contributed by atoms with Crippen LogP contribution in [0.15, 0.2) is 30.3 Å². The quantitative estimate of drug-likeness (QED) is 0.879. The number of hydrogen-bond donors (Lipinski definition) is 1. The summed E-state index contributed by atoms with van der Waals surface area (Å²) in [5, 5.41) is 8.07. The third kappa shape index (κ3) is 3.02. The molecule has 1 unspecified atom stereocenters. The molecule has 0 saturated heterocycles. The molecular formula is C16H23N3O. The minimum Gasteiger partial charge on any atom is -0.497 e. The second-order valence-electron chi connectivity index (χ2n) is 4.80. The third-order valence-electron chi connectivity index (χ3n) is 3.48. The summed E-state index contributed by atoms with van der Waals surface area (Å²) in [6, 6.07) is 10.5. The van der Waals surface area contributed by atoms with Crippen LogP contribution in [0.3, 0.4) is 0 Å². The molecule has 0 radical (unpaired) electrons. The number of benzene rings is 1. The Bertz CT molecular complexity index is 545. The highest BCUT2D eigenvalue weighted by molar-refractivity contribution is 5.34. The van der Waals surface area contributed by atoms with Gasteiger partial charge in [0.15, 0.2) is 0 Å². The normalized spacial score (nSPS) is 12.4. The number of methoxy groups -OCH3 is 1. The van der Waals surface area contributed by atoms with Gasteiger partial charge in [0.2, 0.25) is 0 Å². The molecule has 0 amide bonds. The molecule has 1 aromatic carbocycles. The van der Waals surface area contributed by atoms with Crippen molar-refractivity contribution in [1.29, 1.82) is 0 Å². The summed E-state index contributed by atoms with van der Waals surface area (Å²) < 4.78 is 7.19. The van der Waals surface area contributed by atoms with Gasteiger partial charge in [-0.25, -0.2) is 0 Å². The molecule has 0 saturated carbocycles. The molecule has 4 nitrogen and oxygen atoms in total. The fourth-order valence-electron chi connectivity index (χ4n) is 2.38. The summed E-state index contributed by atoms with van der Waals surface area (Å²) in [5.74, 6) is 0.878. The second-order valence-corrected chi connectivity index (χ2v) is 4.80. The first-order valence-electron chi connectivity index (χ1n) is 7.09. The molecule has 0 fully saturated rings. The van der Waals surface area contributed by atoms with Crippen molar-refractivity contribution in [3.8, 4) is 5.75 Å². The monoisotopic (exact) mass is 273 g/mol. The number of rotatable bonds is 6. The van der Waals surface area contributed by atoms with Gasteiger partial charge in [0.05, 0.1) is 24.5 Å². The van der Waals surface area contributed by atoms with E-state index < -0.39 is 0 Å². The van der Waals surface area contributed by atoms with Crippen LogP contribution in [0.5, 0.6) is 5.75 Å². The van der Waals surface area contributed by atoms with E-state index in [-0.39, 0.29) is 6.04 Å². The van der Waals surface area contributed by atoms with Gasteiger partial charge >= 0.3 is 0 Å². The summed E-state index contributed by atoms with van der Waals surface area (Å²) in [4.78, 5) is 0. The molecule has 2 rings (SSSR count). The Morgan fingerprint density at radius 3 is 2.45 bits per heavy atom. The minimum atomic E-state index is 0.156. The molecule has 20 heavy (non-hydrogen) atoms. The summed E-state index contributed by atoms with van der Waals surface area (Å²) in [5.41, 5.74) is 3.53. The number of nitrogens with zero attached hydrogens (tertiary/aromatic N) is 2. The van der Waals surface area contributed by atoms with Crippen molar-refractivity contribution in [2.45, 2.75) is 26.3 Å². The zero-order valence-corrected chi connectivity index (χ0v) is 12.7. The molecule has 1 atom stereocenters. The molecule has 0 aliphatic carbocycles. The van der Waals surface area contributed by atoms with E-state index in [1.54, 1.807) is 7.11 Å². The first-order chi connectivity index (χ1) is 9.69. The fraction of sp³-hybridized carbons (Fsp3) is 0.438. The van der Waals surface area contributed by atoms with Crippen LogP contribution in [0.1, 0.15) is 36.8 Å².